The van der Waals surface area contributed by atoms with Crippen molar-refractivity contribution in [2.24, 2.45) is 0 Å². The maximum atomic E-state index is 3.61. The van der Waals surface area contributed by atoms with Crippen molar-refractivity contribution in [1.29, 1.82) is 0 Å². The Kier molecular flexibility index (Phi) is 3.89. The fraction of sp³-hybridized carbons (Fsp3) is 0.238. The minimum Gasteiger partial charge on any atom is -0.355 e. The molecule has 22 heavy (non-hydrogen) atoms. The molecule has 0 saturated carbocycles. The molecule has 0 heterocycles. The van der Waals surface area contributed by atoms with E-state index in [4.69, 9.17) is 0 Å². The van der Waals surface area contributed by atoms with E-state index >= 15 is 0 Å². The quantitative estimate of drug-likeness (QED) is 0.594. The Balaban J connectivity index is 2.02. The van der Waals surface area contributed by atoms with Crippen molar-refractivity contribution in [3.63, 3.8) is 0 Å². The Hall–Kier alpha value is -2.28. The van der Waals surface area contributed by atoms with Crippen molar-refractivity contribution in [2.75, 3.05) is 5.32 Å². The molecule has 0 fully saturated rings. The summed E-state index contributed by atoms with van der Waals surface area (Å²) >= 11 is 0. The van der Waals surface area contributed by atoms with Gasteiger partial charge < -0.3 is 5.32 Å². The van der Waals surface area contributed by atoms with Gasteiger partial charge in [0.25, 0.3) is 0 Å². The van der Waals surface area contributed by atoms with Crippen LogP contribution in [0.25, 0.3) is 10.8 Å². The highest BCUT2D eigenvalue weighted by Gasteiger charge is 2.06. The minimum atomic E-state index is 0.566. The van der Waals surface area contributed by atoms with Gasteiger partial charge in [0.2, 0.25) is 0 Å². The second-order valence-electron chi connectivity index (χ2n) is 6.38. The molecule has 3 rings (SSSR count). The first-order valence-corrected chi connectivity index (χ1v) is 7.91. The van der Waals surface area contributed by atoms with Crippen LogP contribution >= 0.6 is 0 Å². The maximum Gasteiger partial charge on any atom is 0.0493 e. The highest BCUT2D eigenvalue weighted by Crippen LogP contribution is 2.31. The lowest BCUT2D eigenvalue weighted by Crippen LogP contribution is -1.96. The molecular formula is C21H23N. The topological polar surface area (TPSA) is 12.0 Å². The highest BCUT2D eigenvalue weighted by molar-refractivity contribution is 5.97. The second-order valence-corrected chi connectivity index (χ2v) is 6.38. The number of fused-ring (bicyclic) bond motifs is 1. The zero-order chi connectivity index (χ0) is 15.7. The molecule has 0 atom stereocenters. The first kappa shape index (κ1) is 14.6. The summed E-state index contributed by atoms with van der Waals surface area (Å²) in [6.07, 6.45) is 0. The number of benzene rings is 3. The van der Waals surface area contributed by atoms with E-state index in [2.05, 4.69) is 87.6 Å². The van der Waals surface area contributed by atoms with Crippen molar-refractivity contribution >= 4 is 22.1 Å². The monoisotopic (exact) mass is 289 g/mol. The van der Waals surface area contributed by atoms with Gasteiger partial charge in [0.15, 0.2) is 0 Å². The van der Waals surface area contributed by atoms with Gasteiger partial charge in [-0.25, -0.2) is 0 Å². The van der Waals surface area contributed by atoms with Crippen LogP contribution in [0.5, 0.6) is 0 Å². The molecular weight excluding hydrogens is 266 g/mol. The van der Waals surface area contributed by atoms with Crippen LogP contribution in [0.1, 0.15) is 36.5 Å². The molecule has 1 nitrogen and oxygen atoms in total. The Morgan fingerprint density at radius 3 is 2.18 bits per heavy atom. The lowest BCUT2D eigenvalue weighted by molar-refractivity contribution is 0.867. The molecule has 0 aliphatic rings. The molecule has 0 unspecified atom stereocenters. The van der Waals surface area contributed by atoms with Crippen LogP contribution < -0.4 is 5.32 Å². The molecule has 112 valence electrons. The molecule has 1 heteroatoms. The number of aryl methyl sites for hydroxylation is 2. The Morgan fingerprint density at radius 1 is 0.818 bits per heavy atom. The first-order valence-electron chi connectivity index (χ1n) is 7.91. The Bertz CT molecular complexity index is 793. The lowest BCUT2D eigenvalue weighted by atomic mass is 10.0. The van der Waals surface area contributed by atoms with Crippen LogP contribution in [0.15, 0.2) is 54.6 Å². The van der Waals surface area contributed by atoms with Gasteiger partial charge in [0, 0.05) is 16.8 Å². The molecule has 0 spiro atoms. The van der Waals surface area contributed by atoms with E-state index in [-0.39, 0.29) is 0 Å². The normalized spacial score (nSPS) is 11.1. The fourth-order valence-electron chi connectivity index (χ4n) is 2.80. The predicted molar refractivity (Wildman–Crippen MR) is 97.2 cm³/mol. The average Bonchev–Trinajstić information content (AvgIpc) is 2.51. The number of rotatable bonds is 3. The van der Waals surface area contributed by atoms with Gasteiger partial charge in [-0.2, -0.15) is 0 Å². The second kappa shape index (κ2) is 5.84. The van der Waals surface area contributed by atoms with E-state index in [1.807, 2.05) is 0 Å². The number of anilines is 2. The zero-order valence-electron chi connectivity index (χ0n) is 13.8. The summed E-state index contributed by atoms with van der Waals surface area (Å²) in [5, 5.41) is 6.17. The van der Waals surface area contributed by atoms with Crippen LogP contribution in [0.3, 0.4) is 0 Å². The lowest BCUT2D eigenvalue weighted by Gasteiger charge is -2.14. The molecule has 0 aliphatic heterocycles. The third-order valence-electron chi connectivity index (χ3n) is 4.23. The summed E-state index contributed by atoms with van der Waals surface area (Å²) < 4.78 is 0. The molecule has 0 aromatic heterocycles. The molecule has 0 aliphatic carbocycles. The molecule has 0 bridgehead atoms. The largest absolute Gasteiger partial charge is 0.355 e. The van der Waals surface area contributed by atoms with E-state index in [0.717, 1.165) is 5.69 Å². The minimum absolute atomic E-state index is 0.566. The van der Waals surface area contributed by atoms with Gasteiger partial charge in [0.05, 0.1) is 0 Å². The fourth-order valence-corrected chi connectivity index (χ4v) is 2.80. The van der Waals surface area contributed by atoms with Gasteiger partial charge in [0.1, 0.15) is 0 Å². The summed E-state index contributed by atoms with van der Waals surface area (Å²) in [5.41, 5.74) is 6.28. The first-order chi connectivity index (χ1) is 10.5. The summed E-state index contributed by atoms with van der Waals surface area (Å²) in [5.74, 6) is 0.566. The van der Waals surface area contributed by atoms with Crippen molar-refractivity contribution in [2.45, 2.75) is 33.6 Å². The number of hydrogen-bond donors (Lipinski definition) is 1. The third kappa shape index (κ3) is 2.85. The summed E-state index contributed by atoms with van der Waals surface area (Å²) in [7, 11) is 0. The SMILES string of the molecule is Cc1ccc2ccc(C)c(Nc3ccc(C(C)C)cc3)c2c1. The maximum absolute atomic E-state index is 3.61. The standard InChI is InChI=1S/C21H23N/c1-14(2)17-9-11-19(12-10-17)22-21-16(4)6-8-18-7-5-15(3)13-20(18)21/h5-14,22H,1-4H3. The zero-order valence-corrected chi connectivity index (χ0v) is 13.8. The van der Waals surface area contributed by atoms with Crippen LogP contribution in [0.4, 0.5) is 11.4 Å². The van der Waals surface area contributed by atoms with Gasteiger partial charge in [-0.05, 0) is 54.5 Å². The van der Waals surface area contributed by atoms with Gasteiger partial charge >= 0.3 is 0 Å². The summed E-state index contributed by atoms with van der Waals surface area (Å²) in [4.78, 5) is 0. The van der Waals surface area contributed by atoms with E-state index in [1.54, 1.807) is 0 Å². The molecule has 1 N–H and O–H groups in total. The number of hydrogen-bond acceptors (Lipinski definition) is 1. The van der Waals surface area contributed by atoms with Gasteiger partial charge in [-0.1, -0.05) is 55.8 Å². The summed E-state index contributed by atoms with van der Waals surface area (Å²) in [6, 6.07) is 19.7. The molecule has 0 radical (unpaired) electrons. The number of nitrogens with one attached hydrogen (secondary N) is 1. The van der Waals surface area contributed by atoms with Crippen molar-refractivity contribution < 1.29 is 0 Å². The van der Waals surface area contributed by atoms with Gasteiger partial charge in [-0.3, -0.25) is 0 Å². The molecule has 0 saturated heterocycles. The van der Waals surface area contributed by atoms with Gasteiger partial charge in [-0.15, -0.1) is 0 Å². The van der Waals surface area contributed by atoms with E-state index in [1.165, 1.54) is 33.2 Å². The van der Waals surface area contributed by atoms with Crippen molar-refractivity contribution in [1.82, 2.24) is 0 Å². The van der Waals surface area contributed by atoms with Crippen LogP contribution in [-0.4, -0.2) is 0 Å². The van der Waals surface area contributed by atoms with Crippen LogP contribution in [0.2, 0.25) is 0 Å². The molecule has 3 aromatic carbocycles. The van der Waals surface area contributed by atoms with Crippen LogP contribution in [-0.2, 0) is 0 Å². The average molecular weight is 289 g/mol. The molecule has 0 amide bonds. The van der Waals surface area contributed by atoms with E-state index in [0.29, 0.717) is 5.92 Å². The Labute approximate surface area is 133 Å². The third-order valence-corrected chi connectivity index (χ3v) is 4.23. The molecule has 3 aromatic rings. The van der Waals surface area contributed by atoms with E-state index in [9.17, 15) is 0 Å². The summed E-state index contributed by atoms with van der Waals surface area (Å²) in [6.45, 7) is 8.75. The Morgan fingerprint density at radius 2 is 1.50 bits per heavy atom. The smallest absolute Gasteiger partial charge is 0.0493 e. The van der Waals surface area contributed by atoms with Crippen LogP contribution in [0, 0.1) is 13.8 Å². The predicted octanol–water partition coefficient (Wildman–Crippen LogP) is 6.32. The van der Waals surface area contributed by atoms with Crippen molar-refractivity contribution in [3.8, 4) is 0 Å². The highest BCUT2D eigenvalue weighted by atomic mass is 14.9. The van der Waals surface area contributed by atoms with E-state index < -0.39 is 0 Å². The van der Waals surface area contributed by atoms with Crippen molar-refractivity contribution in [3.05, 3.63) is 71.3 Å².